The molecule has 0 radical (unpaired) electrons. The quantitative estimate of drug-likeness (QED) is 0.291. The molecule has 96 valence electrons. The largest absolute Gasteiger partial charge is 0.480 e. The number of alkyl carbamates (subject to hydrolysis) is 1. The van der Waals surface area contributed by atoms with E-state index in [0.29, 0.717) is 12.8 Å². The standard InChI is InChI=1S/C9H16N4O4/c1-2-3-4-7(8(14)15)12-9(16)17-6-5-11-13-10/h7H,2-6H2,1H3,(H,12,16)(H,14,15). The number of nitrogens with zero attached hydrogens (tertiary/aromatic N) is 3. The van der Waals surface area contributed by atoms with Crippen molar-refractivity contribution in [3.05, 3.63) is 10.4 Å². The third-order valence-corrected chi connectivity index (χ3v) is 1.92. The summed E-state index contributed by atoms with van der Waals surface area (Å²) in [6, 6.07) is -0.943. The lowest BCUT2D eigenvalue weighted by atomic mass is 10.1. The number of azide groups is 1. The fourth-order valence-electron chi connectivity index (χ4n) is 1.07. The van der Waals surface area contributed by atoms with E-state index in [9.17, 15) is 9.59 Å². The Morgan fingerprint density at radius 3 is 2.82 bits per heavy atom. The second kappa shape index (κ2) is 9.29. The van der Waals surface area contributed by atoms with E-state index in [4.69, 9.17) is 10.6 Å². The maximum absolute atomic E-state index is 11.2. The molecule has 1 unspecified atom stereocenters. The summed E-state index contributed by atoms with van der Waals surface area (Å²) < 4.78 is 4.63. The molecule has 0 aromatic rings. The molecule has 0 aromatic carbocycles. The molecule has 2 N–H and O–H groups in total. The average Bonchev–Trinajstić information content (AvgIpc) is 2.29. The van der Waals surface area contributed by atoms with Crippen molar-refractivity contribution >= 4 is 12.1 Å². The minimum absolute atomic E-state index is 0.0244. The molecule has 8 nitrogen and oxygen atoms in total. The first-order valence-corrected chi connectivity index (χ1v) is 5.28. The number of hydrogen-bond donors (Lipinski definition) is 2. The van der Waals surface area contributed by atoms with Gasteiger partial charge in [-0.2, -0.15) is 0 Å². The van der Waals surface area contributed by atoms with Crippen molar-refractivity contribution in [3.8, 4) is 0 Å². The SMILES string of the molecule is CCCCC(NC(=O)OCCN=[N+]=[N-])C(=O)O. The van der Waals surface area contributed by atoms with Crippen LogP contribution in [0.5, 0.6) is 0 Å². The first-order chi connectivity index (χ1) is 8.11. The Labute approximate surface area is 98.6 Å². The van der Waals surface area contributed by atoms with Gasteiger partial charge in [-0.1, -0.05) is 24.9 Å². The number of hydrogen-bond acceptors (Lipinski definition) is 4. The molecule has 1 atom stereocenters. The first-order valence-electron chi connectivity index (χ1n) is 5.28. The topological polar surface area (TPSA) is 124 Å². The van der Waals surface area contributed by atoms with Gasteiger partial charge >= 0.3 is 12.1 Å². The van der Waals surface area contributed by atoms with Gasteiger partial charge in [0, 0.05) is 4.91 Å². The molecule has 0 saturated heterocycles. The van der Waals surface area contributed by atoms with Gasteiger partial charge in [-0.25, -0.2) is 9.59 Å². The summed E-state index contributed by atoms with van der Waals surface area (Å²) in [6.07, 6.45) is 1.09. The lowest BCUT2D eigenvalue weighted by molar-refractivity contribution is -0.139. The number of aliphatic carboxylic acids is 1. The lowest BCUT2D eigenvalue weighted by Gasteiger charge is -2.13. The Morgan fingerprint density at radius 1 is 1.59 bits per heavy atom. The number of rotatable bonds is 8. The minimum atomic E-state index is -1.09. The number of carboxylic acids is 1. The summed E-state index contributed by atoms with van der Waals surface area (Å²) >= 11 is 0. The Morgan fingerprint density at radius 2 is 2.29 bits per heavy atom. The van der Waals surface area contributed by atoms with Crippen LogP contribution in [-0.4, -0.2) is 36.4 Å². The van der Waals surface area contributed by atoms with Crippen molar-refractivity contribution in [1.29, 1.82) is 0 Å². The summed E-state index contributed by atoms with van der Waals surface area (Å²) in [5.41, 5.74) is 7.97. The van der Waals surface area contributed by atoms with Crippen molar-refractivity contribution in [2.24, 2.45) is 5.11 Å². The molecule has 0 fully saturated rings. The zero-order valence-corrected chi connectivity index (χ0v) is 9.63. The third-order valence-electron chi connectivity index (χ3n) is 1.92. The average molecular weight is 244 g/mol. The third kappa shape index (κ3) is 7.92. The molecule has 0 rings (SSSR count). The molecule has 8 heteroatoms. The number of amides is 1. The Hall–Kier alpha value is -1.95. The van der Waals surface area contributed by atoms with Gasteiger partial charge in [-0.05, 0) is 12.0 Å². The highest BCUT2D eigenvalue weighted by atomic mass is 16.5. The predicted octanol–water partition coefficient (Wildman–Crippen LogP) is 1.67. The van der Waals surface area contributed by atoms with Crippen LogP contribution in [0.3, 0.4) is 0 Å². The number of unbranched alkanes of at least 4 members (excludes halogenated alkanes) is 1. The Kier molecular flexibility index (Phi) is 8.22. The predicted molar refractivity (Wildman–Crippen MR) is 59.4 cm³/mol. The van der Waals surface area contributed by atoms with Crippen LogP contribution < -0.4 is 5.32 Å². The molecule has 0 saturated carbocycles. The van der Waals surface area contributed by atoms with Crippen LogP contribution in [0.4, 0.5) is 4.79 Å². The minimum Gasteiger partial charge on any atom is -0.480 e. The number of nitrogens with one attached hydrogen (secondary N) is 1. The summed E-state index contributed by atoms with van der Waals surface area (Å²) in [5.74, 6) is -1.09. The van der Waals surface area contributed by atoms with Gasteiger partial charge in [0.05, 0.1) is 13.2 Å². The van der Waals surface area contributed by atoms with Gasteiger partial charge < -0.3 is 15.2 Å². The van der Waals surface area contributed by atoms with E-state index in [1.807, 2.05) is 6.92 Å². The van der Waals surface area contributed by atoms with Gasteiger partial charge in [0.1, 0.15) is 6.04 Å². The second-order valence-corrected chi connectivity index (χ2v) is 3.27. The number of carboxylic acid groups (broad SMARTS) is 1. The van der Waals surface area contributed by atoms with E-state index in [-0.39, 0.29) is 13.2 Å². The van der Waals surface area contributed by atoms with E-state index in [2.05, 4.69) is 20.1 Å². The van der Waals surface area contributed by atoms with Crippen LogP contribution in [0.1, 0.15) is 26.2 Å². The van der Waals surface area contributed by atoms with Crippen LogP contribution >= 0.6 is 0 Å². The molecular weight excluding hydrogens is 228 g/mol. The molecule has 0 heterocycles. The molecule has 0 bridgehead atoms. The van der Waals surface area contributed by atoms with Gasteiger partial charge in [-0.15, -0.1) is 0 Å². The molecule has 0 spiro atoms. The van der Waals surface area contributed by atoms with Crippen LogP contribution in [0, 0.1) is 0 Å². The molecule has 0 aliphatic rings. The fraction of sp³-hybridized carbons (Fsp3) is 0.778. The van der Waals surface area contributed by atoms with Crippen LogP contribution in [-0.2, 0) is 9.53 Å². The zero-order valence-electron chi connectivity index (χ0n) is 9.63. The molecule has 0 aliphatic carbocycles. The number of ether oxygens (including phenoxy) is 1. The van der Waals surface area contributed by atoms with E-state index < -0.39 is 18.1 Å². The van der Waals surface area contributed by atoms with E-state index in [0.717, 1.165) is 6.42 Å². The van der Waals surface area contributed by atoms with Gasteiger partial charge in [-0.3, -0.25) is 0 Å². The van der Waals surface area contributed by atoms with Crippen molar-refractivity contribution in [3.63, 3.8) is 0 Å². The van der Waals surface area contributed by atoms with Crippen molar-refractivity contribution in [2.75, 3.05) is 13.2 Å². The maximum atomic E-state index is 11.2. The molecule has 0 aliphatic heterocycles. The summed E-state index contributed by atoms with van der Waals surface area (Å²) in [7, 11) is 0. The van der Waals surface area contributed by atoms with E-state index >= 15 is 0 Å². The van der Waals surface area contributed by atoms with Crippen LogP contribution in [0.25, 0.3) is 10.4 Å². The van der Waals surface area contributed by atoms with Gasteiger partial charge in [0.15, 0.2) is 0 Å². The van der Waals surface area contributed by atoms with E-state index in [1.165, 1.54) is 0 Å². The normalized spacial score (nSPS) is 11.1. The smallest absolute Gasteiger partial charge is 0.407 e. The first kappa shape index (κ1) is 15.0. The highest BCUT2D eigenvalue weighted by Crippen LogP contribution is 2.01. The molecular formula is C9H16N4O4. The van der Waals surface area contributed by atoms with Gasteiger partial charge in [0.25, 0.3) is 0 Å². The van der Waals surface area contributed by atoms with Crippen molar-refractivity contribution in [1.82, 2.24) is 5.32 Å². The zero-order chi connectivity index (χ0) is 13.1. The molecule has 17 heavy (non-hydrogen) atoms. The fourth-order valence-corrected chi connectivity index (χ4v) is 1.07. The summed E-state index contributed by atoms with van der Waals surface area (Å²) in [5, 5.41) is 14.2. The summed E-state index contributed by atoms with van der Waals surface area (Å²) in [6.45, 7) is 1.88. The van der Waals surface area contributed by atoms with Crippen molar-refractivity contribution in [2.45, 2.75) is 32.2 Å². The van der Waals surface area contributed by atoms with Crippen LogP contribution in [0.2, 0.25) is 0 Å². The Balaban J connectivity index is 3.94. The highest BCUT2D eigenvalue weighted by molar-refractivity contribution is 5.79. The highest BCUT2D eigenvalue weighted by Gasteiger charge is 2.19. The maximum Gasteiger partial charge on any atom is 0.407 e. The monoisotopic (exact) mass is 244 g/mol. The van der Waals surface area contributed by atoms with Crippen molar-refractivity contribution < 1.29 is 19.4 Å². The molecule has 0 aromatic heterocycles. The molecule has 1 amide bonds. The van der Waals surface area contributed by atoms with E-state index in [1.54, 1.807) is 0 Å². The Bertz CT molecular complexity index is 301. The number of carbonyl (C=O) groups is 2. The van der Waals surface area contributed by atoms with Gasteiger partial charge in [0.2, 0.25) is 0 Å². The second-order valence-electron chi connectivity index (χ2n) is 3.27. The lowest BCUT2D eigenvalue weighted by Crippen LogP contribution is -2.41. The van der Waals surface area contributed by atoms with Crippen LogP contribution in [0.15, 0.2) is 5.11 Å². The number of carbonyl (C=O) groups excluding carboxylic acids is 1. The summed E-state index contributed by atoms with van der Waals surface area (Å²) in [4.78, 5) is 24.4.